The molecule has 20 heavy (non-hydrogen) atoms. The van der Waals surface area contributed by atoms with Gasteiger partial charge < -0.3 is 15.0 Å². The van der Waals surface area contributed by atoms with E-state index >= 15 is 0 Å². The zero-order valence-corrected chi connectivity index (χ0v) is 11.9. The topological polar surface area (TPSA) is 74.4 Å². The molecule has 0 bridgehead atoms. The van der Waals surface area contributed by atoms with Crippen LogP contribution >= 0.6 is 0 Å². The van der Waals surface area contributed by atoms with Crippen LogP contribution < -0.4 is 10.7 Å². The predicted molar refractivity (Wildman–Crippen MR) is 76.0 cm³/mol. The maximum Gasteiger partial charge on any atom is 0.256 e. The van der Waals surface area contributed by atoms with Crippen molar-refractivity contribution in [2.75, 3.05) is 32.8 Å². The van der Waals surface area contributed by atoms with Crippen LogP contribution in [-0.2, 0) is 4.74 Å². The van der Waals surface area contributed by atoms with Gasteiger partial charge in [-0.25, -0.2) is 0 Å². The molecular formula is C14H21N3O3. The van der Waals surface area contributed by atoms with Gasteiger partial charge in [0.1, 0.15) is 5.56 Å². The molecule has 0 aromatic carbocycles. The highest BCUT2D eigenvalue weighted by molar-refractivity contribution is 5.93. The van der Waals surface area contributed by atoms with Crippen molar-refractivity contribution in [3.63, 3.8) is 0 Å². The molecule has 1 fully saturated rings. The third-order valence-corrected chi connectivity index (χ3v) is 3.32. The average Bonchev–Trinajstić information content (AvgIpc) is 2.39. The molecule has 2 heterocycles. The fourth-order valence-corrected chi connectivity index (χ4v) is 2.27. The van der Waals surface area contributed by atoms with E-state index in [1.54, 1.807) is 6.92 Å². The summed E-state index contributed by atoms with van der Waals surface area (Å²) in [5.74, 6) is -0.327. The molecule has 0 radical (unpaired) electrons. The van der Waals surface area contributed by atoms with Gasteiger partial charge in [-0.05, 0) is 13.8 Å². The van der Waals surface area contributed by atoms with Gasteiger partial charge in [0, 0.05) is 43.6 Å². The molecule has 1 aromatic rings. The Morgan fingerprint density at radius 3 is 2.85 bits per heavy atom. The van der Waals surface area contributed by atoms with Crippen LogP contribution in [0, 0.1) is 6.92 Å². The highest BCUT2D eigenvalue weighted by atomic mass is 16.5. The molecule has 2 rings (SSSR count). The number of H-pyrrole nitrogens is 1. The first kappa shape index (κ1) is 14.7. The van der Waals surface area contributed by atoms with Crippen LogP contribution in [0.3, 0.4) is 0 Å². The van der Waals surface area contributed by atoms with Crippen molar-refractivity contribution in [3.05, 3.63) is 33.7 Å². The van der Waals surface area contributed by atoms with Gasteiger partial charge in [0.15, 0.2) is 5.43 Å². The number of aromatic nitrogens is 1. The summed E-state index contributed by atoms with van der Waals surface area (Å²) in [4.78, 5) is 28.9. The van der Waals surface area contributed by atoms with Gasteiger partial charge in [-0.15, -0.1) is 0 Å². The molecule has 0 spiro atoms. The van der Waals surface area contributed by atoms with Crippen LogP contribution in [0.2, 0.25) is 0 Å². The van der Waals surface area contributed by atoms with Crippen molar-refractivity contribution in [2.45, 2.75) is 19.9 Å². The zero-order chi connectivity index (χ0) is 14.5. The Morgan fingerprint density at radius 2 is 2.20 bits per heavy atom. The number of hydrogen-bond acceptors (Lipinski definition) is 4. The highest BCUT2D eigenvalue weighted by Crippen LogP contribution is 1.99. The number of amides is 1. The fourth-order valence-electron chi connectivity index (χ4n) is 2.27. The molecular weight excluding hydrogens is 258 g/mol. The number of ether oxygens (including phenoxy) is 1. The Balaban J connectivity index is 1.91. The third-order valence-electron chi connectivity index (χ3n) is 3.32. The maximum atomic E-state index is 12.1. The van der Waals surface area contributed by atoms with Gasteiger partial charge in [-0.3, -0.25) is 14.5 Å². The van der Waals surface area contributed by atoms with E-state index in [1.807, 2.05) is 6.92 Å². The van der Waals surface area contributed by atoms with E-state index in [1.165, 1.54) is 12.3 Å². The van der Waals surface area contributed by atoms with E-state index in [0.29, 0.717) is 0 Å². The second-order valence-corrected chi connectivity index (χ2v) is 5.18. The number of nitrogens with zero attached hydrogens (tertiary/aromatic N) is 1. The number of rotatable bonds is 4. The molecule has 6 nitrogen and oxygen atoms in total. The molecule has 0 saturated carbocycles. The van der Waals surface area contributed by atoms with Gasteiger partial charge in [-0.2, -0.15) is 0 Å². The highest BCUT2D eigenvalue weighted by Gasteiger charge is 2.17. The van der Waals surface area contributed by atoms with Gasteiger partial charge in [0.25, 0.3) is 5.91 Å². The standard InChI is InChI=1S/C14H21N3O3/c1-10-7-13(18)12(8-15-10)14(19)16-11(2)9-17-3-5-20-6-4-17/h7-8,11H,3-6,9H2,1-2H3,(H,15,18)(H,16,19). The largest absolute Gasteiger partial charge is 0.379 e. The fraction of sp³-hybridized carbons (Fsp3) is 0.571. The Hall–Kier alpha value is -1.66. The lowest BCUT2D eigenvalue weighted by atomic mass is 10.2. The monoisotopic (exact) mass is 279 g/mol. The van der Waals surface area contributed by atoms with Gasteiger partial charge in [0.2, 0.25) is 0 Å². The summed E-state index contributed by atoms with van der Waals surface area (Å²) < 4.78 is 5.28. The van der Waals surface area contributed by atoms with Gasteiger partial charge >= 0.3 is 0 Å². The Morgan fingerprint density at radius 1 is 1.50 bits per heavy atom. The van der Waals surface area contributed by atoms with Gasteiger partial charge in [-0.1, -0.05) is 0 Å². The second-order valence-electron chi connectivity index (χ2n) is 5.18. The van der Waals surface area contributed by atoms with Gasteiger partial charge in [0.05, 0.1) is 13.2 Å². The quantitative estimate of drug-likeness (QED) is 0.822. The molecule has 0 aliphatic carbocycles. The predicted octanol–water partition coefficient (Wildman–Crippen LogP) is 0.134. The normalized spacial score (nSPS) is 17.7. The maximum absolute atomic E-state index is 12.1. The molecule has 6 heteroatoms. The molecule has 1 aliphatic heterocycles. The zero-order valence-electron chi connectivity index (χ0n) is 11.9. The van der Waals surface area contributed by atoms with E-state index in [0.717, 1.165) is 38.5 Å². The van der Waals surface area contributed by atoms with Crippen molar-refractivity contribution in [3.8, 4) is 0 Å². The summed E-state index contributed by atoms with van der Waals surface area (Å²) >= 11 is 0. The number of carbonyl (C=O) groups excluding carboxylic acids is 1. The van der Waals surface area contributed by atoms with Crippen LogP contribution in [0.4, 0.5) is 0 Å². The first-order valence-corrected chi connectivity index (χ1v) is 6.86. The Labute approximate surface area is 118 Å². The lowest BCUT2D eigenvalue weighted by Gasteiger charge is -2.29. The van der Waals surface area contributed by atoms with E-state index < -0.39 is 0 Å². The molecule has 2 N–H and O–H groups in total. The van der Waals surface area contributed by atoms with E-state index in [2.05, 4.69) is 15.2 Å². The summed E-state index contributed by atoms with van der Waals surface area (Å²) in [6, 6.07) is 1.42. The number of aromatic amines is 1. The Bertz CT molecular complexity index is 521. The third kappa shape index (κ3) is 3.91. The van der Waals surface area contributed by atoms with Crippen molar-refractivity contribution in [1.29, 1.82) is 0 Å². The summed E-state index contributed by atoms with van der Waals surface area (Å²) in [7, 11) is 0. The first-order chi connectivity index (χ1) is 9.56. The number of morpholine rings is 1. The van der Waals surface area contributed by atoms with Crippen LogP contribution in [0.15, 0.2) is 17.1 Å². The molecule has 1 atom stereocenters. The van der Waals surface area contributed by atoms with E-state index in [9.17, 15) is 9.59 Å². The first-order valence-electron chi connectivity index (χ1n) is 6.86. The summed E-state index contributed by atoms with van der Waals surface area (Å²) in [5.41, 5.74) is 0.648. The minimum atomic E-state index is -0.327. The smallest absolute Gasteiger partial charge is 0.256 e. The molecule has 1 saturated heterocycles. The molecule has 1 unspecified atom stereocenters. The lowest BCUT2D eigenvalue weighted by molar-refractivity contribution is 0.0342. The number of pyridine rings is 1. The van der Waals surface area contributed by atoms with Crippen molar-refractivity contribution in [2.24, 2.45) is 0 Å². The molecule has 1 aliphatic rings. The lowest BCUT2D eigenvalue weighted by Crippen LogP contribution is -2.46. The minimum Gasteiger partial charge on any atom is -0.379 e. The SMILES string of the molecule is Cc1cc(=O)c(C(=O)NC(C)CN2CCOCC2)c[nH]1. The molecule has 1 amide bonds. The summed E-state index contributed by atoms with van der Waals surface area (Å²) in [5, 5.41) is 2.86. The summed E-state index contributed by atoms with van der Waals surface area (Å²) in [6.45, 7) is 7.71. The van der Waals surface area contributed by atoms with Crippen molar-refractivity contribution >= 4 is 5.91 Å². The van der Waals surface area contributed by atoms with Crippen molar-refractivity contribution < 1.29 is 9.53 Å². The molecule has 1 aromatic heterocycles. The second kappa shape index (κ2) is 6.67. The minimum absolute atomic E-state index is 0.0127. The number of nitrogens with one attached hydrogen (secondary N) is 2. The number of hydrogen-bond donors (Lipinski definition) is 2. The van der Waals surface area contributed by atoms with Crippen LogP contribution in [0.25, 0.3) is 0 Å². The van der Waals surface area contributed by atoms with E-state index in [-0.39, 0.29) is 22.9 Å². The summed E-state index contributed by atoms with van der Waals surface area (Å²) in [6.07, 6.45) is 1.47. The molecule has 110 valence electrons. The van der Waals surface area contributed by atoms with Crippen LogP contribution in [0.5, 0.6) is 0 Å². The van der Waals surface area contributed by atoms with Crippen LogP contribution in [0.1, 0.15) is 23.0 Å². The Kier molecular flexibility index (Phi) is 4.92. The number of aryl methyl sites for hydroxylation is 1. The van der Waals surface area contributed by atoms with E-state index in [4.69, 9.17) is 4.74 Å². The number of carbonyl (C=O) groups is 1. The average molecular weight is 279 g/mol. The van der Waals surface area contributed by atoms with Crippen LogP contribution in [-0.4, -0.2) is 54.7 Å². The van der Waals surface area contributed by atoms with Crippen molar-refractivity contribution in [1.82, 2.24) is 15.2 Å².